The van der Waals surface area contributed by atoms with Crippen LogP contribution in [0.1, 0.15) is 45.7 Å². The van der Waals surface area contributed by atoms with Crippen molar-refractivity contribution in [1.29, 1.82) is 0 Å². The van der Waals surface area contributed by atoms with Gasteiger partial charge in [-0.25, -0.2) is 55.6 Å². The SMILES string of the molecule is C[C@@H]1CN(c2ncc(C(F)(F)F)cc2C(=O)N(c2ccnc(S(C)(=O)=O)c2)N(C(=O)c2cc(C(F)(F)F)cnc2Cl)c2ccnc(S(C)(=O)=O)c2)C[C@H](C)C1(F)F. The molecule has 0 aromatic carbocycles. The third-order valence-corrected chi connectivity index (χ3v) is 11.0. The lowest BCUT2D eigenvalue weighted by molar-refractivity contribution is -0.138. The number of sulfone groups is 2. The summed E-state index contributed by atoms with van der Waals surface area (Å²) in [5, 5.41) is -2.01. The van der Waals surface area contributed by atoms with Gasteiger partial charge in [0.05, 0.1) is 33.6 Å². The Labute approximate surface area is 324 Å². The van der Waals surface area contributed by atoms with Gasteiger partial charge < -0.3 is 4.90 Å². The number of hydrogen-bond acceptors (Lipinski definition) is 11. The van der Waals surface area contributed by atoms with Gasteiger partial charge in [0.25, 0.3) is 17.7 Å². The van der Waals surface area contributed by atoms with Gasteiger partial charge in [-0.2, -0.15) is 26.3 Å². The van der Waals surface area contributed by atoms with Crippen molar-refractivity contribution in [2.75, 3.05) is 40.5 Å². The Morgan fingerprint density at radius 1 is 0.719 bits per heavy atom. The van der Waals surface area contributed by atoms with Gasteiger partial charge in [0, 0.05) is 74.4 Å². The second-order valence-corrected chi connectivity index (χ2v) is 17.3. The number of nitrogens with zero attached hydrogens (tertiary/aromatic N) is 7. The Morgan fingerprint density at radius 2 is 1.12 bits per heavy atom. The van der Waals surface area contributed by atoms with Crippen molar-refractivity contribution >= 4 is 60.3 Å². The maximum absolute atomic E-state index is 15.1. The molecular formula is C33H28ClF8N7O6S2. The van der Waals surface area contributed by atoms with Gasteiger partial charge in [0.1, 0.15) is 11.0 Å². The fourth-order valence-corrected chi connectivity index (χ4v) is 7.11. The molecule has 5 heterocycles. The average molecular weight is 870 g/mol. The summed E-state index contributed by atoms with van der Waals surface area (Å²) in [6, 6.07) is 3.67. The molecule has 0 radical (unpaired) electrons. The highest BCUT2D eigenvalue weighted by Crippen LogP contribution is 2.41. The quantitative estimate of drug-likeness (QED) is 0.115. The number of piperidine rings is 1. The molecule has 0 N–H and O–H groups in total. The minimum Gasteiger partial charge on any atom is -0.355 e. The van der Waals surface area contributed by atoms with E-state index < -0.39 is 129 Å². The molecule has 5 rings (SSSR count). The molecule has 1 saturated heterocycles. The van der Waals surface area contributed by atoms with E-state index in [4.69, 9.17) is 11.6 Å². The summed E-state index contributed by atoms with van der Waals surface area (Å²) in [6.45, 7) is 1.19. The average Bonchev–Trinajstić information content (AvgIpc) is 3.10. The van der Waals surface area contributed by atoms with Gasteiger partial charge >= 0.3 is 12.4 Å². The second-order valence-electron chi connectivity index (χ2n) is 13.0. The number of rotatable bonds is 7. The molecule has 2 amide bonds. The molecule has 1 aliphatic heterocycles. The van der Waals surface area contributed by atoms with Crippen LogP contribution in [0.2, 0.25) is 5.15 Å². The van der Waals surface area contributed by atoms with Gasteiger partial charge in [0.15, 0.2) is 29.7 Å². The van der Waals surface area contributed by atoms with E-state index in [1.165, 1.54) is 0 Å². The van der Waals surface area contributed by atoms with Gasteiger partial charge in [-0.15, -0.1) is 0 Å². The summed E-state index contributed by atoms with van der Waals surface area (Å²) in [7, 11) is -8.55. The van der Waals surface area contributed by atoms with Crippen LogP contribution < -0.4 is 14.9 Å². The zero-order valence-electron chi connectivity index (χ0n) is 29.6. The molecule has 0 spiro atoms. The number of amides is 2. The third kappa shape index (κ3) is 8.93. The maximum atomic E-state index is 15.1. The normalized spacial score (nSPS) is 17.6. The van der Waals surface area contributed by atoms with E-state index in [2.05, 4.69) is 19.9 Å². The molecule has 306 valence electrons. The van der Waals surface area contributed by atoms with E-state index in [-0.39, 0.29) is 28.3 Å². The minimum absolute atomic E-state index is 0.211. The Morgan fingerprint density at radius 3 is 1.54 bits per heavy atom. The molecule has 0 aliphatic carbocycles. The topological polar surface area (TPSA) is 164 Å². The van der Waals surface area contributed by atoms with E-state index in [0.717, 1.165) is 43.3 Å². The van der Waals surface area contributed by atoms with Crippen LogP contribution in [0.25, 0.3) is 0 Å². The van der Waals surface area contributed by atoms with Gasteiger partial charge in [-0.3, -0.25) is 9.59 Å². The first kappa shape index (κ1) is 43.1. The van der Waals surface area contributed by atoms with Gasteiger partial charge in [-0.05, 0) is 24.3 Å². The monoisotopic (exact) mass is 869 g/mol. The van der Waals surface area contributed by atoms with E-state index in [1.54, 1.807) is 0 Å². The standard InChI is InChI=1S/C33H28ClF8N7O6S2/c1-17-15-47(16-18(2)31(17,35)36)28-24(10-20(14-46-28)33(40,41)42)30(51)49(22-6-8-44-26(12-22)57(4,54)55)48(21-5-7-43-25(11-21)56(3,52)53)29(50)23-9-19(32(37,38)39)13-45-27(23)34/h5-14,17-18H,15-16H2,1-4H3/t17-,18+. The van der Waals surface area contributed by atoms with E-state index in [9.17, 15) is 56.8 Å². The zero-order chi connectivity index (χ0) is 42.6. The van der Waals surface area contributed by atoms with Crippen LogP contribution in [-0.4, -0.2) is 80.1 Å². The smallest absolute Gasteiger partial charge is 0.355 e. The van der Waals surface area contributed by atoms with Crippen molar-refractivity contribution < 1.29 is 61.5 Å². The molecule has 24 heteroatoms. The van der Waals surface area contributed by atoms with Crippen molar-refractivity contribution in [2.24, 2.45) is 11.8 Å². The molecule has 1 fully saturated rings. The van der Waals surface area contributed by atoms with Crippen molar-refractivity contribution in [1.82, 2.24) is 19.9 Å². The van der Waals surface area contributed by atoms with Gasteiger partial charge in [-0.1, -0.05) is 25.4 Å². The molecule has 4 aromatic rings. The molecule has 0 unspecified atom stereocenters. The number of aromatic nitrogens is 4. The van der Waals surface area contributed by atoms with Crippen molar-refractivity contribution in [3.8, 4) is 0 Å². The Balaban J connectivity index is 1.89. The first-order valence-electron chi connectivity index (χ1n) is 16.1. The van der Waals surface area contributed by atoms with Crippen molar-refractivity contribution in [2.45, 2.75) is 42.2 Å². The Kier molecular flexibility index (Phi) is 11.4. The van der Waals surface area contributed by atoms with E-state index >= 15 is 4.79 Å². The van der Waals surface area contributed by atoms with Crippen LogP contribution in [-0.2, 0) is 32.0 Å². The number of pyridine rings is 4. The molecule has 13 nitrogen and oxygen atoms in total. The summed E-state index contributed by atoms with van der Waals surface area (Å²) in [4.78, 5) is 45.5. The Bertz CT molecular complexity index is 2460. The highest BCUT2D eigenvalue weighted by Gasteiger charge is 2.48. The fourth-order valence-electron chi connectivity index (χ4n) is 5.76. The number of anilines is 3. The zero-order valence-corrected chi connectivity index (χ0v) is 32.0. The molecule has 0 bridgehead atoms. The molecule has 4 aromatic heterocycles. The first-order chi connectivity index (χ1) is 26.1. The summed E-state index contributed by atoms with van der Waals surface area (Å²) in [6.07, 6.45) is -6.74. The molecular weight excluding hydrogens is 842 g/mol. The van der Waals surface area contributed by atoms with Crippen molar-refractivity contribution in [3.63, 3.8) is 0 Å². The predicted molar refractivity (Wildman–Crippen MR) is 187 cm³/mol. The molecule has 57 heavy (non-hydrogen) atoms. The number of hydrazine groups is 1. The van der Waals surface area contributed by atoms with Crippen LogP contribution in [0, 0.1) is 11.8 Å². The Hall–Kier alpha value is -5.03. The maximum Gasteiger partial charge on any atom is 0.417 e. The van der Waals surface area contributed by atoms with Crippen LogP contribution in [0.15, 0.2) is 71.2 Å². The minimum atomic E-state index is -5.19. The number of hydrogen-bond donors (Lipinski definition) is 0. The highest BCUT2D eigenvalue weighted by atomic mass is 35.5. The predicted octanol–water partition coefficient (Wildman–Crippen LogP) is 6.40. The highest BCUT2D eigenvalue weighted by molar-refractivity contribution is 7.90. The lowest BCUT2D eigenvalue weighted by atomic mass is 9.87. The van der Waals surface area contributed by atoms with Crippen LogP contribution >= 0.6 is 11.6 Å². The molecule has 2 atom stereocenters. The fraction of sp³-hybridized carbons (Fsp3) is 0.333. The third-order valence-electron chi connectivity index (χ3n) is 8.69. The number of carbonyl (C=O) groups excluding carboxylic acids is 2. The second kappa shape index (κ2) is 15.0. The summed E-state index contributed by atoms with van der Waals surface area (Å²) < 4.78 is 165. The van der Waals surface area contributed by atoms with Crippen LogP contribution in [0.3, 0.4) is 0 Å². The number of carbonyl (C=O) groups is 2. The van der Waals surface area contributed by atoms with Crippen LogP contribution in [0.5, 0.6) is 0 Å². The lowest BCUT2D eigenvalue weighted by Gasteiger charge is -2.42. The molecule has 1 aliphatic rings. The summed E-state index contributed by atoms with van der Waals surface area (Å²) in [5.74, 6) is -10.1. The van der Waals surface area contributed by atoms with E-state index in [0.29, 0.717) is 30.8 Å². The molecule has 0 saturated carbocycles. The van der Waals surface area contributed by atoms with E-state index in [1.807, 2.05) is 0 Å². The lowest BCUT2D eigenvalue weighted by Crippen LogP contribution is -2.53. The largest absolute Gasteiger partial charge is 0.417 e. The number of alkyl halides is 8. The summed E-state index contributed by atoms with van der Waals surface area (Å²) >= 11 is 6.13. The van der Waals surface area contributed by atoms with Crippen LogP contribution in [0.4, 0.5) is 52.3 Å². The summed E-state index contributed by atoms with van der Waals surface area (Å²) in [5.41, 5.74) is -6.55. The van der Waals surface area contributed by atoms with Crippen molar-refractivity contribution in [3.05, 3.63) is 88.6 Å². The first-order valence-corrected chi connectivity index (χ1v) is 20.2. The number of halogens is 9. The van der Waals surface area contributed by atoms with Gasteiger partial charge in [0.2, 0.25) is 0 Å².